The molecule has 2 heteroatoms. The third-order valence-corrected chi connectivity index (χ3v) is 2.33. The van der Waals surface area contributed by atoms with Gasteiger partial charge in [0, 0.05) is 6.42 Å². The second kappa shape index (κ2) is 6.23. The molecule has 0 radical (unpaired) electrons. The predicted octanol–water partition coefficient (Wildman–Crippen LogP) is 1.88. The molecule has 15 heavy (non-hydrogen) atoms. The van der Waals surface area contributed by atoms with Gasteiger partial charge in [-0.15, -0.1) is 12.3 Å². The molecule has 2 atom stereocenters. The van der Waals surface area contributed by atoms with E-state index in [2.05, 4.69) is 5.92 Å². The Morgan fingerprint density at radius 2 is 1.87 bits per heavy atom. The van der Waals surface area contributed by atoms with Crippen LogP contribution >= 0.6 is 0 Å². The Kier molecular flexibility index (Phi) is 4.89. The lowest BCUT2D eigenvalue weighted by Crippen LogP contribution is -2.17. The molecule has 0 aliphatic rings. The van der Waals surface area contributed by atoms with Crippen LogP contribution in [0.25, 0.3) is 0 Å². The van der Waals surface area contributed by atoms with Crippen molar-refractivity contribution in [1.29, 1.82) is 0 Å². The molecular weight excluding hydrogens is 188 g/mol. The first-order valence-corrected chi connectivity index (χ1v) is 5.10. The van der Waals surface area contributed by atoms with Gasteiger partial charge in [-0.25, -0.2) is 0 Å². The van der Waals surface area contributed by atoms with Crippen LogP contribution in [0.4, 0.5) is 0 Å². The van der Waals surface area contributed by atoms with Gasteiger partial charge >= 0.3 is 0 Å². The van der Waals surface area contributed by atoms with Crippen LogP contribution in [0.5, 0.6) is 0 Å². The van der Waals surface area contributed by atoms with E-state index >= 15 is 0 Å². The number of rotatable bonds is 5. The fourth-order valence-corrected chi connectivity index (χ4v) is 1.44. The van der Waals surface area contributed by atoms with E-state index in [1.807, 2.05) is 18.2 Å². The highest BCUT2D eigenvalue weighted by Gasteiger charge is 2.16. The van der Waals surface area contributed by atoms with Gasteiger partial charge in [-0.2, -0.15) is 0 Å². The van der Waals surface area contributed by atoms with Crippen LogP contribution in [-0.4, -0.2) is 16.3 Å². The molecule has 1 aromatic carbocycles. The monoisotopic (exact) mass is 204 g/mol. The average Bonchev–Trinajstić information content (AvgIpc) is 2.29. The summed E-state index contributed by atoms with van der Waals surface area (Å²) in [6.07, 6.45) is 5.46. The maximum absolute atomic E-state index is 9.79. The van der Waals surface area contributed by atoms with Crippen LogP contribution < -0.4 is 0 Å². The summed E-state index contributed by atoms with van der Waals surface area (Å²) in [6, 6.07) is 9.16. The van der Waals surface area contributed by atoms with E-state index in [-0.39, 0.29) is 0 Å². The van der Waals surface area contributed by atoms with Gasteiger partial charge in [0.1, 0.15) is 6.10 Å². The van der Waals surface area contributed by atoms with Crippen molar-refractivity contribution < 1.29 is 10.2 Å². The number of terminal acetylenes is 1. The molecule has 0 aliphatic carbocycles. The average molecular weight is 204 g/mol. The lowest BCUT2D eigenvalue weighted by Gasteiger charge is -2.17. The van der Waals surface area contributed by atoms with Crippen LogP contribution in [0.15, 0.2) is 30.3 Å². The van der Waals surface area contributed by atoms with E-state index in [4.69, 9.17) is 6.42 Å². The van der Waals surface area contributed by atoms with Crippen molar-refractivity contribution in [2.75, 3.05) is 0 Å². The van der Waals surface area contributed by atoms with Crippen LogP contribution in [-0.2, 0) is 0 Å². The SMILES string of the molecule is C#CCCCC(O)C(O)c1ccccc1. The molecule has 0 bridgehead atoms. The summed E-state index contributed by atoms with van der Waals surface area (Å²) >= 11 is 0. The molecule has 0 aromatic heterocycles. The first-order valence-electron chi connectivity index (χ1n) is 5.10. The zero-order valence-electron chi connectivity index (χ0n) is 8.63. The summed E-state index contributed by atoms with van der Waals surface area (Å²) < 4.78 is 0. The van der Waals surface area contributed by atoms with E-state index in [1.54, 1.807) is 12.1 Å². The maximum atomic E-state index is 9.79. The lowest BCUT2D eigenvalue weighted by molar-refractivity contribution is 0.0126. The Morgan fingerprint density at radius 1 is 1.20 bits per heavy atom. The number of aliphatic hydroxyl groups excluding tert-OH is 2. The molecule has 0 heterocycles. The minimum atomic E-state index is -0.816. The minimum absolute atomic E-state index is 0.528. The van der Waals surface area contributed by atoms with Gasteiger partial charge in [0.05, 0.1) is 6.10 Å². The Balaban J connectivity index is 2.46. The first kappa shape index (κ1) is 11.8. The minimum Gasteiger partial charge on any atom is -0.390 e. The summed E-state index contributed by atoms with van der Waals surface area (Å²) in [4.78, 5) is 0. The van der Waals surface area contributed by atoms with E-state index in [0.29, 0.717) is 12.8 Å². The Hall–Kier alpha value is -1.30. The summed E-state index contributed by atoms with van der Waals surface area (Å²) in [6.45, 7) is 0. The van der Waals surface area contributed by atoms with Crippen LogP contribution in [0.1, 0.15) is 30.9 Å². The second-order valence-corrected chi connectivity index (χ2v) is 3.52. The van der Waals surface area contributed by atoms with E-state index in [9.17, 15) is 10.2 Å². The third kappa shape index (κ3) is 3.75. The van der Waals surface area contributed by atoms with Crippen molar-refractivity contribution in [2.24, 2.45) is 0 Å². The molecule has 1 rings (SSSR count). The molecule has 80 valence electrons. The maximum Gasteiger partial charge on any atom is 0.105 e. The molecule has 0 aliphatic heterocycles. The first-order chi connectivity index (χ1) is 7.25. The van der Waals surface area contributed by atoms with Crippen LogP contribution in [0, 0.1) is 12.3 Å². The largest absolute Gasteiger partial charge is 0.390 e. The quantitative estimate of drug-likeness (QED) is 0.568. The molecule has 0 fully saturated rings. The van der Waals surface area contributed by atoms with Crippen molar-refractivity contribution in [3.63, 3.8) is 0 Å². The van der Waals surface area contributed by atoms with Crippen LogP contribution in [0.2, 0.25) is 0 Å². The fourth-order valence-electron chi connectivity index (χ4n) is 1.44. The predicted molar refractivity (Wildman–Crippen MR) is 60.1 cm³/mol. The molecule has 2 unspecified atom stereocenters. The van der Waals surface area contributed by atoms with Gasteiger partial charge in [0.2, 0.25) is 0 Å². The topological polar surface area (TPSA) is 40.5 Å². The Bertz CT molecular complexity index is 313. The van der Waals surface area contributed by atoms with Gasteiger partial charge in [0.25, 0.3) is 0 Å². The molecule has 0 amide bonds. The highest BCUT2D eigenvalue weighted by atomic mass is 16.3. The van der Waals surface area contributed by atoms with E-state index in [1.165, 1.54) is 0 Å². The molecule has 2 N–H and O–H groups in total. The smallest absolute Gasteiger partial charge is 0.105 e. The van der Waals surface area contributed by atoms with Gasteiger partial charge in [-0.1, -0.05) is 30.3 Å². The van der Waals surface area contributed by atoms with Crippen molar-refractivity contribution in [1.82, 2.24) is 0 Å². The molecule has 0 spiro atoms. The molecule has 2 nitrogen and oxygen atoms in total. The molecule has 0 saturated carbocycles. The van der Waals surface area contributed by atoms with Gasteiger partial charge in [-0.05, 0) is 18.4 Å². The second-order valence-electron chi connectivity index (χ2n) is 3.52. The number of hydrogen-bond donors (Lipinski definition) is 2. The zero-order valence-corrected chi connectivity index (χ0v) is 8.63. The van der Waals surface area contributed by atoms with Crippen molar-refractivity contribution in [2.45, 2.75) is 31.5 Å². The number of aliphatic hydroxyl groups is 2. The molecule has 1 aromatic rings. The summed E-state index contributed by atoms with van der Waals surface area (Å²) in [7, 11) is 0. The molecular formula is C13H16O2. The standard InChI is InChI=1S/C13H16O2/c1-2-3-5-10-12(14)13(15)11-8-6-4-7-9-11/h1,4,6-9,12-15H,3,5,10H2. The van der Waals surface area contributed by atoms with Crippen molar-refractivity contribution >= 4 is 0 Å². The van der Waals surface area contributed by atoms with Gasteiger partial charge in [-0.3, -0.25) is 0 Å². The van der Waals surface area contributed by atoms with E-state index in [0.717, 1.165) is 12.0 Å². The highest BCUT2D eigenvalue weighted by Crippen LogP contribution is 2.19. The van der Waals surface area contributed by atoms with Crippen LogP contribution in [0.3, 0.4) is 0 Å². The summed E-state index contributed by atoms with van der Waals surface area (Å²) in [5.74, 6) is 2.51. The lowest BCUT2D eigenvalue weighted by atomic mass is 10.0. The Morgan fingerprint density at radius 3 is 2.47 bits per heavy atom. The third-order valence-electron chi connectivity index (χ3n) is 2.33. The number of hydrogen-bond acceptors (Lipinski definition) is 2. The summed E-state index contributed by atoms with van der Waals surface area (Å²) in [5.41, 5.74) is 0.741. The van der Waals surface area contributed by atoms with Crippen molar-refractivity contribution in [3.8, 4) is 12.3 Å². The highest BCUT2D eigenvalue weighted by molar-refractivity contribution is 5.18. The fraction of sp³-hybridized carbons (Fsp3) is 0.385. The summed E-state index contributed by atoms with van der Waals surface area (Å²) in [5, 5.41) is 19.5. The molecule has 0 saturated heterocycles. The normalized spacial score (nSPS) is 14.2. The van der Waals surface area contributed by atoms with Gasteiger partial charge in [0.15, 0.2) is 0 Å². The van der Waals surface area contributed by atoms with Crippen molar-refractivity contribution in [3.05, 3.63) is 35.9 Å². The number of unbranched alkanes of at least 4 members (excludes halogenated alkanes) is 1. The van der Waals surface area contributed by atoms with E-state index < -0.39 is 12.2 Å². The number of benzene rings is 1. The van der Waals surface area contributed by atoms with Gasteiger partial charge < -0.3 is 10.2 Å². The zero-order chi connectivity index (χ0) is 11.1. The Labute approximate surface area is 90.6 Å².